The highest BCUT2D eigenvalue weighted by Gasteiger charge is 2.48. The Balaban J connectivity index is 1.50. The fourth-order valence-corrected chi connectivity index (χ4v) is 4.88. The molecule has 4 bridgehead atoms. The van der Waals surface area contributed by atoms with Crippen LogP contribution in [0.3, 0.4) is 0 Å². The van der Waals surface area contributed by atoms with Gasteiger partial charge in [0.2, 0.25) is 0 Å². The van der Waals surface area contributed by atoms with Crippen molar-refractivity contribution in [3.63, 3.8) is 0 Å². The molecule has 4 fully saturated rings. The van der Waals surface area contributed by atoms with Crippen molar-refractivity contribution in [3.8, 4) is 0 Å². The first-order valence-electron chi connectivity index (χ1n) is 7.51. The molecule has 100 valence electrons. The van der Waals surface area contributed by atoms with E-state index in [4.69, 9.17) is 0 Å². The molecule has 3 nitrogen and oxygen atoms in total. The molecular weight excluding hydrogens is 236 g/mol. The maximum atomic E-state index is 12.3. The minimum Gasteiger partial charge on any atom is -0.347 e. The van der Waals surface area contributed by atoms with Gasteiger partial charge in [0.25, 0.3) is 5.91 Å². The zero-order chi connectivity index (χ0) is 12.8. The van der Waals surface area contributed by atoms with E-state index >= 15 is 0 Å². The smallest absolute Gasteiger partial charge is 0.270 e. The molecule has 4 aliphatic carbocycles. The maximum absolute atomic E-state index is 12.3. The topological polar surface area (TPSA) is 42.0 Å². The Morgan fingerprint density at radius 3 is 2.32 bits per heavy atom. The third kappa shape index (κ3) is 1.96. The van der Waals surface area contributed by atoms with Crippen LogP contribution in [0.25, 0.3) is 0 Å². The summed E-state index contributed by atoms with van der Waals surface area (Å²) in [5.74, 6) is 3.36. The van der Waals surface area contributed by atoms with Gasteiger partial charge in [0.05, 0.1) is 0 Å². The van der Waals surface area contributed by atoms with Gasteiger partial charge >= 0.3 is 0 Å². The van der Waals surface area contributed by atoms with E-state index in [9.17, 15) is 4.79 Å². The average Bonchev–Trinajstić information content (AvgIpc) is 2.43. The van der Waals surface area contributed by atoms with Crippen molar-refractivity contribution in [3.05, 3.63) is 30.1 Å². The van der Waals surface area contributed by atoms with E-state index in [-0.39, 0.29) is 5.91 Å². The Morgan fingerprint density at radius 1 is 1.05 bits per heavy atom. The summed E-state index contributed by atoms with van der Waals surface area (Å²) in [6.07, 6.45) is 8.47. The Hall–Kier alpha value is -1.38. The minimum atomic E-state index is 0.0121. The Kier molecular flexibility index (Phi) is 2.61. The number of carbonyl (C=O) groups is 1. The summed E-state index contributed by atoms with van der Waals surface area (Å²) < 4.78 is 0. The number of hydrogen-bond donors (Lipinski definition) is 1. The van der Waals surface area contributed by atoms with Gasteiger partial charge in [-0.15, -0.1) is 0 Å². The Morgan fingerprint density at radius 2 is 1.74 bits per heavy atom. The summed E-state index contributed by atoms with van der Waals surface area (Å²) in [6, 6.07) is 5.92. The molecule has 1 aromatic heterocycles. The lowest BCUT2D eigenvalue weighted by molar-refractivity contribution is -0.0120. The van der Waals surface area contributed by atoms with Crippen LogP contribution in [0.5, 0.6) is 0 Å². The van der Waals surface area contributed by atoms with Gasteiger partial charge < -0.3 is 5.32 Å². The van der Waals surface area contributed by atoms with Crippen molar-refractivity contribution in [1.29, 1.82) is 0 Å². The molecule has 0 saturated heterocycles. The number of nitrogens with one attached hydrogen (secondary N) is 1. The van der Waals surface area contributed by atoms with E-state index in [0.29, 0.717) is 11.7 Å². The second kappa shape index (κ2) is 4.32. The van der Waals surface area contributed by atoms with E-state index in [1.165, 1.54) is 32.1 Å². The van der Waals surface area contributed by atoms with Crippen LogP contribution >= 0.6 is 0 Å². The molecule has 0 aromatic carbocycles. The quantitative estimate of drug-likeness (QED) is 0.884. The van der Waals surface area contributed by atoms with Gasteiger partial charge in [-0.3, -0.25) is 9.78 Å². The molecule has 4 aliphatic rings. The molecule has 0 radical (unpaired) electrons. The van der Waals surface area contributed by atoms with Crippen LogP contribution in [0.1, 0.15) is 42.6 Å². The highest BCUT2D eigenvalue weighted by atomic mass is 16.1. The predicted octanol–water partition coefficient (Wildman–Crippen LogP) is 2.64. The van der Waals surface area contributed by atoms with Crippen LogP contribution in [0.2, 0.25) is 0 Å². The van der Waals surface area contributed by atoms with Crippen LogP contribution in [-0.4, -0.2) is 16.9 Å². The SMILES string of the molecule is O=C(NC1C2CC3CC(C2)CC1C3)c1ccccn1. The summed E-state index contributed by atoms with van der Waals surface area (Å²) in [6.45, 7) is 0. The fourth-order valence-electron chi connectivity index (χ4n) is 4.88. The molecule has 0 aliphatic heterocycles. The normalized spacial score (nSPS) is 39.3. The Bertz CT molecular complexity index is 457. The summed E-state index contributed by atoms with van der Waals surface area (Å²) in [5, 5.41) is 3.28. The molecule has 3 heteroatoms. The Labute approximate surface area is 113 Å². The van der Waals surface area contributed by atoms with Crippen molar-refractivity contribution in [1.82, 2.24) is 10.3 Å². The molecule has 19 heavy (non-hydrogen) atoms. The zero-order valence-corrected chi connectivity index (χ0v) is 11.1. The van der Waals surface area contributed by atoms with Gasteiger partial charge in [-0.05, 0) is 67.9 Å². The third-order valence-corrected chi connectivity index (χ3v) is 5.42. The van der Waals surface area contributed by atoms with Gasteiger partial charge in [-0.2, -0.15) is 0 Å². The fraction of sp³-hybridized carbons (Fsp3) is 0.625. The van der Waals surface area contributed by atoms with Crippen molar-refractivity contribution >= 4 is 5.91 Å². The van der Waals surface area contributed by atoms with Crippen LogP contribution in [0.4, 0.5) is 0 Å². The first-order chi connectivity index (χ1) is 9.29. The lowest BCUT2D eigenvalue weighted by Gasteiger charge is -2.54. The lowest BCUT2D eigenvalue weighted by Crippen LogP contribution is -2.55. The third-order valence-electron chi connectivity index (χ3n) is 5.42. The number of carbonyl (C=O) groups excluding carboxylic acids is 1. The number of pyridine rings is 1. The number of nitrogens with zero attached hydrogens (tertiary/aromatic N) is 1. The number of amides is 1. The van der Waals surface area contributed by atoms with Crippen LogP contribution in [0, 0.1) is 23.7 Å². The minimum absolute atomic E-state index is 0.0121. The van der Waals surface area contributed by atoms with Gasteiger partial charge in [0.15, 0.2) is 0 Å². The monoisotopic (exact) mass is 256 g/mol. The first kappa shape index (κ1) is 11.4. The van der Waals surface area contributed by atoms with Crippen LogP contribution < -0.4 is 5.32 Å². The average molecular weight is 256 g/mol. The van der Waals surface area contributed by atoms with E-state index in [2.05, 4.69) is 10.3 Å². The summed E-state index contributed by atoms with van der Waals surface area (Å²) in [7, 11) is 0. The van der Waals surface area contributed by atoms with Crippen molar-refractivity contribution in [2.45, 2.75) is 38.1 Å². The number of rotatable bonds is 2. The molecule has 4 saturated carbocycles. The van der Waals surface area contributed by atoms with E-state index in [1.807, 2.05) is 12.1 Å². The van der Waals surface area contributed by atoms with Gasteiger partial charge in [0.1, 0.15) is 5.69 Å². The lowest BCUT2D eigenvalue weighted by atomic mass is 9.54. The molecule has 5 rings (SSSR count). The summed E-state index contributed by atoms with van der Waals surface area (Å²) in [4.78, 5) is 16.4. The van der Waals surface area contributed by atoms with Crippen LogP contribution in [0.15, 0.2) is 24.4 Å². The van der Waals surface area contributed by atoms with E-state index < -0.39 is 0 Å². The van der Waals surface area contributed by atoms with Gasteiger partial charge in [-0.25, -0.2) is 0 Å². The standard InChI is InChI=1S/C16H20N2O/c19-16(14-3-1-2-4-17-14)18-15-12-6-10-5-11(8-12)9-13(15)7-10/h1-4,10-13,15H,5-9H2,(H,18,19). The second-order valence-corrected chi connectivity index (χ2v) is 6.64. The van der Waals surface area contributed by atoms with Crippen LogP contribution in [-0.2, 0) is 0 Å². The largest absolute Gasteiger partial charge is 0.347 e. The highest BCUT2D eigenvalue weighted by molar-refractivity contribution is 5.92. The highest BCUT2D eigenvalue weighted by Crippen LogP contribution is 2.53. The molecule has 0 unspecified atom stereocenters. The van der Waals surface area contributed by atoms with E-state index in [0.717, 1.165) is 23.7 Å². The predicted molar refractivity (Wildman–Crippen MR) is 72.5 cm³/mol. The zero-order valence-electron chi connectivity index (χ0n) is 11.1. The summed E-state index contributed by atoms with van der Waals surface area (Å²) >= 11 is 0. The first-order valence-corrected chi connectivity index (χ1v) is 7.51. The van der Waals surface area contributed by atoms with Crippen molar-refractivity contribution in [2.75, 3.05) is 0 Å². The molecule has 1 aromatic rings. The second-order valence-electron chi connectivity index (χ2n) is 6.64. The van der Waals surface area contributed by atoms with Gasteiger partial charge in [-0.1, -0.05) is 6.07 Å². The molecular formula is C16H20N2O. The van der Waals surface area contributed by atoms with Gasteiger partial charge in [0, 0.05) is 12.2 Å². The summed E-state index contributed by atoms with van der Waals surface area (Å²) in [5.41, 5.74) is 0.552. The van der Waals surface area contributed by atoms with Crippen molar-refractivity contribution < 1.29 is 4.79 Å². The number of aromatic nitrogens is 1. The molecule has 1 amide bonds. The maximum Gasteiger partial charge on any atom is 0.270 e. The molecule has 1 N–H and O–H groups in total. The molecule has 0 atom stereocenters. The van der Waals surface area contributed by atoms with E-state index in [1.54, 1.807) is 12.3 Å². The number of hydrogen-bond acceptors (Lipinski definition) is 2. The molecule has 0 spiro atoms. The van der Waals surface area contributed by atoms with Crippen molar-refractivity contribution in [2.24, 2.45) is 23.7 Å². The molecule has 1 heterocycles.